The van der Waals surface area contributed by atoms with E-state index in [-0.39, 0.29) is 11.3 Å². The second kappa shape index (κ2) is 5.41. The number of aromatic nitrogens is 2. The quantitative estimate of drug-likeness (QED) is 0.663. The molecule has 3 nitrogen and oxygen atoms in total. The molecule has 1 heterocycles. The molecular weight excluding hydrogens is 332 g/mol. The Morgan fingerprint density at radius 1 is 1.15 bits per heavy atom. The first-order chi connectivity index (χ1) is 13.2. The van der Waals surface area contributed by atoms with Crippen molar-refractivity contribution in [3.05, 3.63) is 71.4 Å². The average Bonchev–Trinajstić information content (AvgIpc) is 3.22. The number of rotatable bonds is 2. The van der Waals surface area contributed by atoms with E-state index in [0.29, 0.717) is 5.78 Å². The molecule has 0 amide bonds. The third kappa shape index (κ3) is 2.21. The molecular formula is C24H22N2O. The lowest BCUT2D eigenvalue weighted by atomic mass is 9.61. The second-order valence-corrected chi connectivity index (χ2v) is 8.55. The van der Waals surface area contributed by atoms with Crippen molar-refractivity contribution in [1.82, 2.24) is 9.78 Å². The third-order valence-corrected chi connectivity index (χ3v) is 6.95. The van der Waals surface area contributed by atoms with Crippen LogP contribution in [0.1, 0.15) is 42.4 Å². The van der Waals surface area contributed by atoms with Crippen molar-refractivity contribution in [1.29, 1.82) is 0 Å². The maximum atomic E-state index is 12.5. The molecule has 2 bridgehead atoms. The number of benzene rings is 2. The van der Waals surface area contributed by atoms with Gasteiger partial charge in [-0.25, -0.2) is 0 Å². The Labute approximate surface area is 158 Å². The van der Waals surface area contributed by atoms with Crippen molar-refractivity contribution < 1.29 is 4.79 Å². The van der Waals surface area contributed by atoms with Gasteiger partial charge in [0.2, 0.25) is 0 Å². The fourth-order valence-corrected chi connectivity index (χ4v) is 5.72. The van der Waals surface area contributed by atoms with Gasteiger partial charge in [-0.3, -0.25) is 9.48 Å². The number of fused-ring (bicyclic) bond motifs is 5. The summed E-state index contributed by atoms with van der Waals surface area (Å²) < 4.78 is 2.06. The number of carbonyl (C=O) groups excluding carboxylic acids is 1. The molecule has 1 aromatic heterocycles. The Kier molecular flexibility index (Phi) is 3.09. The van der Waals surface area contributed by atoms with Crippen molar-refractivity contribution in [2.45, 2.75) is 38.6 Å². The van der Waals surface area contributed by atoms with E-state index in [9.17, 15) is 4.79 Å². The summed E-state index contributed by atoms with van der Waals surface area (Å²) in [6, 6.07) is 14.8. The van der Waals surface area contributed by atoms with Crippen molar-refractivity contribution in [2.24, 2.45) is 11.3 Å². The van der Waals surface area contributed by atoms with Gasteiger partial charge in [0.25, 0.3) is 0 Å². The number of carbonyl (C=O) groups is 1. The SMILES string of the molecule is O=C1C=C2c3ccc4nn(Cc5ccccc5)cc4c3C[C@@]23CCC[C@@H]1C3. The molecule has 0 saturated heterocycles. The Balaban J connectivity index is 1.46. The molecule has 0 N–H and O–H groups in total. The van der Waals surface area contributed by atoms with E-state index in [1.165, 1.54) is 40.5 Å². The maximum Gasteiger partial charge on any atom is 0.159 e. The lowest BCUT2D eigenvalue weighted by molar-refractivity contribution is -0.120. The number of nitrogens with zero attached hydrogens (tertiary/aromatic N) is 2. The van der Waals surface area contributed by atoms with Crippen LogP contribution in [0.5, 0.6) is 0 Å². The Morgan fingerprint density at radius 3 is 2.93 bits per heavy atom. The number of allylic oxidation sites excluding steroid dienone is 2. The second-order valence-electron chi connectivity index (χ2n) is 8.55. The molecule has 3 aliphatic carbocycles. The molecule has 1 saturated carbocycles. The van der Waals surface area contributed by atoms with Gasteiger partial charge < -0.3 is 0 Å². The maximum absolute atomic E-state index is 12.5. The van der Waals surface area contributed by atoms with Gasteiger partial charge in [0, 0.05) is 22.9 Å². The summed E-state index contributed by atoms with van der Waals surface area (Å²) >= 11 is 0. The zero-order chi connectivity index (χ0) is 18.0. The minimum atomic E-state index is 0.203. The van der Waals surface area contributed by atoms with Gasteiger partial charge in [-0.1, -0.05) is 42.8 Å². The fraction of sp³-hybridized carbons (Fsp3) is 0.333. The molecule has 2 atom stereocenters. The van der Waals surface area contributed by atoms with E-state index in [0.717, 1.165) is 31.3 Å². The molecule has 1 spiro atoms. The highest BCUT2D eigenvalue weighted by Crippen LogP contribution is 2.59. The monoisotopic (exact) mass is 354 g/mol. The van der Waals surface area contributed by atoms with E-state index in [2.05, 4.69) is 47.3 Å². The van der Waals surface area contributed by atoms with Crippen LogP contribution >= 0.6 is 0 Å². The smallest absolute Gasteiger partial charge is 0.159 e. The van der Waals surface area contributed by atoms with Crippen LogP contribution in [0.2, 0.25) is 0 Å². The van der Waals surface area contributed by atoms with E-state index >= 15 is 0 Å². The zero-order valence-electron chi connectivity index (χ0n) is 15.3. The summed E-state index contributed by atoms with van der Waals surface area (Å²) in [6.07, 6.45) is 9.79. The van der Waals surface area contributed by atoms with Gasteiger partial charge in [-0.2, -0.15) is 5.10 Å². The van der Waals surface area contributed by atoms with Crippen LogP contribution in [0.4, 0.5) is 0 Å². The van der Waals surface area contributed by atoms with Gasteiger partial charge in [0.05, 0.1) is 12.1 Å². The van der Waals surface area contributed by atoms with Gasteiger partial charge in [0.15, 0.2) is 5.78 Å². The lowest BCUT2D eigenvalue weighted by Crippen LogP contribution is -2.35. The Morgan fingerprint density at radius 2 is 2.04 bits per heavy atom. The number of ketones is 1. The fourth-order valence-electron chi connectivity index (χ4n) is 5.72. The van der Waals surface area contributed by atoms with Crippen LogP contribution in [0.15, 0.2) is 54.7 Å². The zero-order valence-corrected chi connectivity index (χ0v) is 15.3. The highest BCUT2D eigenvalue weighted by molar-refractivity contribution is 6.04. The van der Waals surface area contributed by atoms with E-state index in [1.54, 1.807) is 0 Å². The molecule has 134 valence electrons. The molecule has 27 heavy (non-hydrogen) atoms. The van der Waals surface area contributed by atoms with Crippen LogP contribution in [0.25, 0.3) is 16.5 Å². The van der Waals surface area contributed by atoms with Crippen molar-refractivity contribution in [3.63, 3.8) is 0 Å². The average molecular weight is 354 g/mol. The molecule has 3 aromatic rings. The minimum Gasteiger partial charge on any atom is -0.295 e. The first-order valence-corrected chi connectivity index (χ1v) is 10.0. The summed E-state index contributed by atoms with van der Waals surface area (Å²) in [7, 11) is 0. The molecule has 2 aromatic carbocycles. The van der Waals surface area contributed by atoms with Gasteiger partial charge >= 0.3 is 0 Å². The van der Waals surface area contributed by atoms with Crippen LogP contribution < -0.4 is 0 Å². The first-order valence-electron chi connectivity index (χ1n) is 10.0. The molecule has 3 heteroatoms. The highest BCUT2D eigenvalue weighted by atomic mass is 16.1. The predicted molar refractivity (Wildman–Crippen MR) is 106 cm³/mol. The van der Waals surface area contributed by atoms with Crippen molar-refractivity contribution in [2.75, 3.05) is 0 Å². The van der Waals surface area contributed by atoms with E-state index in [4.69, 9.17) is 5.10 Å². The molecule has 3 aliphatic rings. The summed E-state index contributed by atoms with van der Waals surface area (Å²) in [5, 5.41) is 6.09. The van der Waals surface area contributed by atoms with Crippen LogP contribution in [-0.4, -0.2) is 15.6 Å². The molecule has 0 unspecified atom stereocenters. The van der Waals surface area contributed by atoms with Gasteiger partial charge in [0.1, 0.15) is 0 Å². The van der Waals surface area contributed by atoms with Crippen LogP contribution in [-0.2, 0) is 17.8 Å². The lowest BCUT2D eigenvalue weighted by Gasteiger charge is -2.41. The molecule has 1 fully saturated rings. The third-order valence-electron chi connectivity index (χ3n) is 6.95. The summed E-state index contributed by atoms with van der Waals surface area (Å²) in [4.78, 5) is 12.5. The topological polar surface area (TPSA) is 34.9 Å². The van der Waals surface area contributed by atoms with Gasteiger partial charge in [-0.05, 0) is 60.1 Å². The molecule has 6 rings (SSSR count). The van der Waals surface area contributed by atoms with Crippen LogP contribution in [0.3, 0.4) is 0 Å². The summed E-state index contributed by atoms with van der Waals surface area (Å²) in [5.74, 6) is 0.612. The van der Waals surface area contributed by atoms with Crippen molar-refractivity contribution >= 4 is 22.3 Å². The largest absolute Gasteiger partial charge is 0.295 e. The van der Waals surface area contributed by atoms with E-state index < -0.39 is 0 Å². The summed E-state index contributed by atoms with van der Waals surface area (Å²) in [6.45, 7) is 0.790. The predicted octanol–water partition coefficient (Wildman–Crippen LogP) is 4.78. The summed E-state index contributed by atoms with van der Waals surface area (Å²) in [5.41, 5.74) is 6.56. The molecule has 0 radical (unpaired) electrons. The first kappa shape index (κ1) is 15.4. The number of hydrogen-bond donors (Lipinski definition) is 0. The standard InChI is InChI=1S/C24H22N2O/c27-23-11-21-18-8-9-22-20(15-26(25-22)14-16-5-2-1-3-6-16)19(18)13-24(21)10-4-7-17(23)12-24/h1-3,5-6,8-9,11,15,17H,4,7,10,12-14H2/t17-,24+/m1/s1. The minimum absolute atomic E-state index is 0.203. The van der Waals surface area contributed by atoms with Gasteiger partial charge in [-0.15, -0.1) is 0 Å². The van der Waals surface area contributed by atoms with E-state index in [1.807, 2.05) is 12.1 Å². The normalized spacial score (nSPS) is 26.0. The van der Waals surface area contributed by atoms with Crippen LogP contribution in [0, 0.1) is 11.3 Å². The Hall–Kier alpha value is -2.68. The Bertz CT molecular complexity index is 1110. The molecule has 0 aliphatic heterocycles. The number of hydrogen-bond acceptors (Lipinski definition) is 2. The highest BCUT2D eigenvalue weighted by Gasteiger charge is 2.49. The van der Waals surface area contributed by atoms with Crippen molar-refractivity contribution in [3.8, 4) is 0 Å².